The van der Waals surface area contributed by atoms with E-state index in [9.17, 15) is 0 Å². The summed E-state index contributed by atoms with van der Waals surface area (Å²) in [6.07, 6.45) is 5.58. The van der Waals surface area contributed by atoms with Crippen molar-refractivity contribution in [3.63, 3.8) is 0 Å². The SMILES string of the molecule is CCCC1CN(Cc2ccccn2)C(C)(CC)CN1. The second-order valence-electron chi connectivity index (χ2n) is 5.92. The standard InChI is InChI=1S/C16H27N3/c1-4-8-14-11-19(16(3,5-2)13-18-14)12-15-9-6-7-10-17-15/h6-7,9-10,14,18H,4-5,8,11-13H2,1-3H3. The van der Waals surface area contributed by atoms with Crippen LogP contribution in [0.3, 0.4) is 0 Å². The summed E-state index contributed by atoms with van der Waals surface area (Å²) in [5, 5.41) is 3.72. The molecule has 3 nitrogen and oxygen atoms in total. The van der Waals surface area contributed by atoms with Crippen LogP contribution >= 0.6 is 0 Å². The van der Waals surface area contributed by atoms with Crippen molar-refractivity contribution in [1.29, 1.82) is 0 Å². The Morgan fingerprint density at radius 2 is 2.26 bits per heavy atom. The molecule has 1 aliphatic heterocycles. The minimum absolute atomic E-state index is 0.252. The average molecular weight is 261 g/mol. The number of piperazine rings is 1. The molecule has 1 saturated heterocycles. The van der Waals surface area contributed by atoms with Crippen LogP contribution in [0.4, 0.5) is 0 Å². The molecule has 1 fully saturated rings. The Morgan fingerprint density at radius 3 is 2.89 bits per heavy atom. The van der Waals surface area contributed by atoms with Crippen LogP contribution in [0.5, 0.6) is 0 Å². The summed E-state index contributed by atoms with van der Waals surface area (Å²) in [6.45, 7) is 10.1. The minimum Gasteiger partial charge on any atom is -0.311 e. The molecule has 1 N–H and O–H groups in total. The molecule has 1 aromatic rings. The molecule has 19 heavy (non-hydrogen) atoms. The fourth-order valence-corrected chi connectivity index (χ4v) is 2.86. The lowest BCUT2D eigenvalue weighted by molar-refractivity contribution is 0.0386. The second kappa shape index (κ2) is 6.49. The van der Waals surface area contributed by atoms with Crippen molar-refractivity contribution >= 4 is 0 Å². The molecule has 2 unspecified atom stereocenters. The number of pyridine rings is 1. The lowest BCUT2D eigenvalue weighted by Crippen LogP contribution is -2.62. The molecule has 1 aromatic heterocycles. The minimum atomic E-state index is 0.252. The number of hydrogen-bond donors (Lipinski definition) is 1. The van der Waals surface area contributed by atoms with Gasteiger partial charge in [-0.1, -0.05) is 26.3 Å². The van der Waals surface area contributed by atoms with E-state index >= 15 is 0 Å². The van der Waals surface area contributed by atoms with E-state index in [4.69, 9.17) is 0 Å². The summed E-state index contributed by atoms with van der Waals surface area (Å²) >= 11 is 0. The zero-order valence-electron chi connectivity index (χ0n) is 12.5. The molecule has 2 heterocycles. The lowest BCUT2D eigenvalue weighted by atomic mass is 9.91. The average Bonchev–Trinajstić information content (AvgIpc) is 2.44. The number of aromatic nitrogens is 1. The van der Waals surface area contributed by atoms with Gasteiger partial charge in [0.15, 0.2) is 0 Å². The van der Waals surface area contributed by atoms with Crippen molar-refractivity contribution in [2.45, 2.75) is 58.2 Å². The first-order chi connectivity index (χ1) is 9.18. The van der Waals surface area contributed by atoms with Gasteiger partial charge in [-0.15, -0.1) is 0 Å². The Balaban J connectivity index is 2.07. The van der Waals surface area contributed by atoms with Gasteiger partial charge in [0.25, 0.3) is 0 Å². The van der Waals surface area contributed by atoms with Crippen LogP contribution in [0.1, 0.15) is 45.7 Å². The highest BCUT2D eigenvalue weighted by Crippen LogP contribution is 2.25. The molecule has 0 aromatic carbocycles. The first kappa shape index (κ1) is 14.5. The Bertz CT molecular complexity index is 379. The second-order valence-corrected chi connectivity index (χ2v) is 5.92. The number of nitrogens with zero attached hydrogens (tertiary/aromatic N) is 2. The third-order valence-electron chi connectivity index (χ3n) is 4.45. The van der Waals surface area contributed by atoms with E-state index in [1.165, 1.54) is 25.0 Å². The van der Waals surface area contributed by atoms with E-state index in [0.29, 0.717) is 6.04 Å². The molecule has 0 radical (unpaired) electrons. The monoisotopic (exact) mass is 261 g/mol. The van der Waals surface area contributed by atoms with Crippen LogP contribution in [0.15, 0.2) is 24.4 Å². The third kappa shape index (κ3) is 3.54. The molecular weight excluding hydrogens is 234 g/mol. The fraction of sp³-hybridized carbons (Fsp3) is 0.688. The normalized spacial score (nSPS) is 28.5. The van der Waals surface area contributed by atoms with Crippen molar-refractivity contribution in [3.05, 3.63) is 30.1 Å². The van der Waals surface area contributed by atoms with Crippen LogP contribution in [0.2, 0.25) is 0 Å². The van der Waals surface area contributed by atoms with Gasteiger partial charge in [-0.2, -0.15) is 0 Å². The van der Waals surface area contributed by atoms with Crippen LogP contribution in [-0.4, -0.2) is 34.6 Å². The predicted octanol–water partition coefficient (Wildman–Crippen LogP) is 2.82. The van der Waals surface area contributed by atoms with Crippen molar-refractivity contribution in [2.75, 3.05) is 13.1 Å². The summed E-state index contributed by atoms with van der Waals surface area (Å²) in [5.74, 6) is 0. The van der Waals surface area contributed by atoms with Gasteiger partial charge in [0.2, 0.25) is 0 Å². The van der Waals surface area contributed by atoms with Gasteiger partial charge >= 0.3 is 0 Å². The zero-order valence-corrected chi connectivity index (χ0v) is 12.5. The topological polar surface area (TPSA) is 28.2 Å². The maximum atomic E-state index is 4.48. The first-order valence-electron chi connectivity index (χ1n) is 7.56. The van der Waals surface area contributed by atoms with E-state index in [1.54, 1.807) is 0 Å². The van der Waals surface area contributed by atoms with Gasteiger partial charge in [0.1, 0.15) is 0 Å². The molecule has 1 aliphatic rings. The summed E-state index contributed by atoms with van der Waals surface area (Å²) in [6, 6.07) is 6.83. The summed E-state index contributed by atoms with van der Waals surface area (Å²) < 4.78 is 0. The van der Waals surface area contributed by atoms with Gasteiger partial charge in [-0.25, -0.2) is 0 Å². The Hall–Kier alpha value is -0.930. The Labute approximate surface area is 117 Å². The van der Waals surface area contributed by atoms with Crippen LogP contribution in [0, 0.1) is 0 Å². The zero-order chi connectivity index (χ0) is 13.7. The summed E-state index contributed by atoms with van der Waals surface area (Å²) in [7, 11) is 0. The molecule has 0 amide bonds. The van der Waals surface area contributed by atoms with E-state index in [0.717, 1.165) is 19.6 Å². The number of hydrogen-bond acceptors (Lipinski definition) is 3. The number of rotatable bonds is 5. The summed E-state index contributed by atoms with van der Waals surface area (Å²) in [5.41, 5.74) is 1.43. The van der Waals surface area contributed by atoms with Crippen LogP contribution in [-0.2, 0) is 6.54 Å². The largest absolute Gasteiger partial charge is 0.311 e. The fourth-order valence-electron chi connectivity index (χ4n) is 2.86. The molecule has 2 rings (SSSR count). The van der Waals surface area contributed by atoms with E-state index < -0.39 is 0 Å². The third-order valence-corrected chi connectivity index (χ3v) is 4.45. The first-order valence-corrected chi connectivity index (χ1v) is 7.56. The number of nitrogens with one attached hydrogen (secondary N) is 1. The van der Waals surface area contributed by atoms with Gasteiger partial charge in [-0.05, 0) is 31.9 Å². The molecule has 0 bridgehead atoms. The molecule has 0 aliphatic carbocycles. The van der Waals surface area contributed by atoms with Crippen molar-refractivity contribution in [3.8, 4) is 0 Å². The van der Waals surface area contributed by atoms with Crippen LogP contribution < -0.4 is 5.32 Å². The van der Waals surface area contributed by atoms with Crippen molar-refractivity contribution < 1.29 is 0 Å². The van der Waals surface area contributed by atoms with E-state index in [1.807, 2.05) is 12.3 Å². The maximum absolute atomic E-state index is 4.48. The van der Waals surface area contributed by atoms with Gasteiger partial charge in [-0.3, -0.25) is 9.88 Å². The molecule has 106 valence electrons. The smallest absolute Gasteiger partial charge is 0.0544 e. The molecule has 0 spiro atoms. The van der Waals surface area contributed by atoms with Gasteiger partial charge in [0.05, 0.1) is 5.69 Å². The van der Waals surface area contributed by atoms with Crippen LogP contribution in [0.25, 0.3) is 0 Å². The maximum Gasteiger partial charge on any atom is 0.0544 e. The van der Waals surface area contributed by atoms with Gasteiger partial charge in [0, 0.05) is 37.4 Å². The highest BCUT2D eigenvalue weighted by atomic mass is 15.3. The molecule has 2 atom stereocenters. The Kier molecular flexibility index (Phi) is 4.94. The summed E-state index contributed by atoms with van der Waals surface area (Å²) in [4.78, 5) is 7.10. The predicted molar refractivity (Wildman–Crippen MR) is 80.0 cm³/mol. The molecule has 0 saturated carbocycles. The highest BCUT2D eigenvalue weighted by Gasteiger charge is 2.35. The van der Waals surface area contributed by atoms with Crippen molar-refractivity contribution in [2.24, 2.45) is 0 Å². The van der Waals surface area contributed by atoms with E-state index in [-0.39, 0.29) is 5.54 Å². The molecular formula is C16H27N3. The molecule has 3 heteroatoms. The Morgan fingerprint density at radius 1 is 1.42 bits per heavy atom. The van der Waals surface area contributed by atoms with Gasteiger partial charge < -0.3 is 5.32 Å². The van der Waals surface area contributed by atoms with E-state index in [2.05, 4.69) is 48.1 Å². The highest BCUT2D eigenvalue weighted by molar-refractivity contribution is 5.06. The van der Waals surface area contributed by atoms with Crippen molar-refractivity contribution in [1.82, 2.24) is 15.2 Å². The lowest BCUT2D eigenvalue weighted by Gasteiger charge is -2.48. The quantitative estimate of drug-likeness (QED) is 0.883.